The second-order valence-electron chi connectivity index (χ2n) is 5.80. The number of thiazole rings is 1. The standard InChI is InChI=1S/C16H18N4S4/c1-2-4-12(5-3-1)18-15-19-20-16(24-15)23-10-13-9-22-14(17-13)11-6-7-21-8-11/h6-9,12H,1-5,10H2,(H,18,19). The Morgan fingerprint density at radius 2 is 2.08 bits per heavy atom. The van der Waals surface area contributed by atoms with Gasteiger partial charge in [0, 0.05) is 28.1 Å². The normalized spacial score (nSPS) is 15.7. The monoisotopic (exact) mass is 394 g/mol. The molecule has 0 unspecified atom stereocenters. The number of rotatable bonds is 6. The molecule has 0 bridgehead atoms. The molecule has 0 saturated heterocycles. The Morgan fingerprint density at radius 3 is 2.92 bits per heavy atom. The van der Waals surface area contributed by atoms with Crippen LogP contribution in [-0.4, -0.2) is 21.2 Å². The zero-order valence-electron chi connectivity index (χ0n) is 13.1. The molecule has 0 amide bonds. The summed E-state index contributed by atoms with van der Waals surface area (Å²) in [5.74, 6) is 0.846. The topological polar surface area (TPSA) is 50.7 Å². The summed E-state index contributed by atoms with van der Waals surface area (Å²) in [7, 11) is 0. The van der Waals surface area contributed by atoms with Crippen LogP contribution in [0.2, 0.25) is 0 Å². The first-order valence-corrected chi connectivity index (χ1v) is 11.7. The van der Waals surface area contributed by atoms with Crippen LogP contribution in [0.15, 0.2) is 26.5 Å². The molecule has 1 aliphatic rings. The maximum atomic E-state index is 4.71. The Morgan fingerprint density at radius 1 is 1.17 bits per heavy atom. The lowest BCUT2D eigenvalue weighted by Crippen LogP contribution is -2.21. The Labute approximate surface area is 157 Å². The lowest BCUT2D eigenvalue weighted by Gasteiger charge is -2.21. The van der Waals surface area contributed by atoms with Gasteiger partial charge < -0.3 is 5.32 Å². The van der Waals surface area contributed by atoms with E-state index in [1.54, 1.807) is 45.8 Å². The van der Waals surface area contributed by atoms with E-state index >= 15 is 0 Å². The van der Waals surface area contributed by atoms with Crippen molar-refractivity contribution in [3.8, 4) is 10.6 Å². The van der Waals surface area contributed by atoms with Gasteiger partial charge in [0.25, 0.3) is 0 Å². The van der Waals surface area contributed by atoms with Crippen LogP contribution in [0.4, 0.5) is 5.13 Å². The van der Waals surface area contributed by atoms with Gasteiger partial charge in [-0.25, -0.2) is 4.98 Å². The van der Waals surface area contributed by atoms with Crippen LogP contribution in [0.1, 0.15) is 37.8 Å². The summed E-state index contributed by atoms with van der Waals surface area (Å²) in [6, 6.07) is 2.70. The fourth-order valence-corrected chi connectivity index (χ4v) is 6.13. The number of hydrogen-bond acceptors (Lipinski definition) is 8. The van der Waals surface area contributed by atoms with Crippen molar-refractivity contribution in [3.05, 3.63) is 27.9 Å². The van der Waals surface area contributed by atoms with E-state index in [0.29, 0.717) is 6.04 Å². The molecule has 8 heteroatoms. The molecule has 3 aromatic rings. The molecule has 126 valence electrons. The van der Waals surface area contributed by atoms with Crippen LogP contribution in [0, 0.1) is 0 Å². The van der Waals surface area contributed by atoms with Crippen LogP contribution in [0.5, 0.6) is 0 Å². The van der Waals surface area contributed by atoms with Gasteiger partial charge in [-0.1, -0.05) is 42.4 Å². The van der Waals surface area contributed by atoms with Crippen molar-refractivity contribution in [2.45, 2.75) is 48.2 Å². The van der Waals surface area contributed by atoms with Crippen LogP contribution < -0.4 is 5.32 Å². The van der Waals surface area contributed by atoms with Crippen LogP contribution in [-0.2, 0) is 5.75 Å². The van der Waals surface area contributed by atoms with Crippen molar-refractivity contribution in [3.63, 3.8) is 0 Å². The van der Waals surface area contributed by atoms with Gasteiger partial charge in [-0.2, -0.15) is 11.3 Å². The highest BCUT2D eigenvalue weighted by atomic mass is 32.2. The first-order chi connectivity index (χ1) is 11.9. The molecule has 3 aromatic heterocycles. The predicted octanol–water partition coefficient (Wildman–Crippen LogP) is 5.76. The van der Waals surface area contributed by atoms with Crippen molar-refractivity contribution in [1.82, 2.24) is 15.2 Å². The number of nitrogens with one attached hydrogen (secondary N) is 1. The molecule has 24 heavy (non-hydrogen) atoms. The van der Waals surface area contributed by atoms with E-state index < -0.39 is 0 Å². The van der Waals surface area contributed by atoms with E-state index in [1.807, 2.05) is 0 Å². The minimum atomic E-state index is 0.580. The van der Waals surface area contributed by atoms with Crippen molar-refractivity contribution in [2.75, 3.05) is 5.32 Å². The highest BCUT2D eigenvalue weighted by Gasteiger charge is 2.15. The van der Waals surface area contributed by atoms with Crippen molar-refractivity contribution in [1.29, 1.82) is 0 Å². The lowest BCUT2D eigenvalue weighted by atomic mass is 9.96. The van der Waals surface area contributed by atoms with Gasteiger partial charge in [-0.15, -0.1) is 21.5 Å². The quantitative estimate of drug-likeness (QED) is 0.539. The third kappa shape index (κ3) is 4.17. The third-order valence-electron chi connectivity index (χ3n) is 4.00. The summed E-state index contributed by atoms with van der Waals surface area (Å²) in [4.78, 5) is 4.71. The number of hydrogen-bond donors (Lipinski definition) is 1. The molecule has 0 spiro atoms. The van der Waals surface area contributed by atoms with Crippen molar-refractivity contribution in [2.24, 2.45) is 0 Å². The summed E-state index contributed by atoms with van der Waals surface area (Å²) < 4.78 is 1.01. The number of anilines is 1. The van der Waals surface area contributed by atoms with Crippen LogP contribution in [0.3, 0.4) is 0 Å². The number of aromatic nitrogens is 3. The minimum absolute atomic E-state index is 0.580. The molecule has 0 atom stereocenters. The molecule has 1 N–H and O–H groups in total. The largest absolute Gasteiger partial charge is 0.357 e. The molecule has 4 nitrogen and oxygen atoms in total. The van der Waals surface area contributed by atoms with Crippen LogP contribution >= 0.6 is 45.8 Å². The van der Waals surface area contributed by atoms with E-state index in [-0.39, 0.29) is 0 Å². The fraction of sp³-hybridized carbons (Fsp3) is 0.438. The van der Waals surface area contributed by atoms with Gasteiger partial charge in [0.15, 0.2) is 4.34 Å². The molecule has 0 radical (unpaired) electrons. The van der Waals surface area contributed by atoms with Gasteiger partial charge >= 0.3 is 0 Å². The third-order valence-corrected chi connectivity index (χ3v) is 7.65. The molecular weight excluding hydrogens is 376 g/mol. The Kier molecular flexibility index (Phi) is 5.46. The highest BCUT2D eigenvalue weighted by molar-refractivity contribution is 8.00. The second-order valence-corrected chi connectivity index (χ2v) is 9.64. The average Bonchev–Trinajstić information content (AvgIpc) is 3.35. The van der Waals surface area contributed by atoms with Gasteiger partial charge in [-0.3, -0.25) is 0 Å². The minimum Gasteiger partial charge on any atom is -0.357 e. The number of nitrogens with zero attached hydrogens (tertiary/aromatic N) is 3. The fourth-order valence-electron chi connectivity index (χ4n) is 2.78. The van der Waals surface area contributed by atoms with Gasteiger partial charge in [0.05, 0.1) is 5.69 Å². The van der Waals surface area contributed by atoms with Gasteiger partial charge in [0.2, 0.25) is 5.13 Å². The van der Waals surface area contributed by atoms with Gasteiger partial charge in [-0.05, 0) is 24.3 Å². The Hall–Kier alpha value is -0.960. The highest BCUT2D eigenvalue weighted by Crippen LogP contribution is 2.32. The van der Waals surface area contributed by atoms with E-state index in [1.165, 1.54) is 37.7 Å². The van der Waals surface area contributed by atoms with Crippen LogP contribution in [0.25, 0.3) is 10.6 Å². The molecule has 0 aromatic carbocycles. The van der Waals surface area contributed by atoms with E-state index in [2.05, 4.69) is 37.7 Å². The molecule has 1 fully saturated rings. The summed E-state index contributed by atoms with van der Waals surface area (Å²) >= 11 is 6.79. The summed E-state index contributed by atoms with van der Waals surface area (Å²) in [6.45, 7) is 0. The summed E-state index contributed by atoms with van der Waals surface area (Å²) in [6.07, 6.45) is 6.54. The van der Waals surface area contributed by atoms with E-state index in [9.17, 15) is 0 Å². The second kappa shape index (κ2) is 7.95. The molecule has 0 aliphatic heterocycles. The smallest absolute Gasteiger partial charge is 0.206 e. The number of thioether (sulfide) groups is 1. The predicted molar refractivity (Wildman–Crippen MR) is 105 cm³/mol. The molecule has 3 heterocycles. The van der Waals surface area contributed by atoms with Crippen molar-refractivity contribution < 1.29 is 0 Å². The van der Waals surface area contributed by atoms with E-state index in [4.69, 9.17) is 4.98 Å². The summed E-state index contributed by atoms with van der Waals surface area (Å²) in [5.41, 5.74) is 2.33. The first-order valence-electron chi connectivity index (χ1n) is 8.06. The molecular formula is C16H18N4S4. The zero-order valence-corrected chi connectivity index (χ0v) is 16.4. The Balaban J connectivity index is 1.31. The maximum Gasteiger partial charge on any atom is 0.206 e. The molecule has 4 rings (SSSR count). The van der Waals surface area contributed by atoms with Crippen molar-refractivity contribution >= 4 is 50.9 Å². The lowest BCUT2D eigenvalue weighted by molar-refractivity contribution is 0.462. The Bertz CT molecular complexity index is 759. The number of thiophene rings is 1. The van der Waals surface area contributed by atoms with E-state index in [0.717, 1.165) is 25.9 Å². The average molecular weight is 395 g/mol. The SMILES string of the molecule is c1cc(-c2nc(CSc3nnc(NC4CCCCC4)s3)cs2)cs1. The maximum absolute atomic E-state index is 4.71. The summed E-state index contributed by atoms with van der Waals surface area (Å²) in [5, 5.41) is 20.6. The van der Waals surface area contributed by atoms with Gasteiger partial charge in [0.1, 0.15) is 5.01 Å². The first kappa shape index (κ1) is 16.5. The zero-order chi connectivity index (χ0) is 16.2. The molecule has 1 saturated carbocycles. The molecule has 1 aliphatic carbocycles.